The van der Waals surface area contributed by atoms with Crippen LogP contribution in [0, 0.1) is 0 Å². The first-order valence-electron chi connectivity index (χ1n) is 3.38. The maximum atomic E-state index is 3.62. The van der Waals surface area contributed by atoms with Gasteiger partial charge >= 0.3 is 0 Å². The molecule has 0 saturated carbocycles. The molecule has 1 aromatic carbocycles. The Balaban J connectivity index is 2.94. The van der Waals surface area contributed by atoms with Crippen LogP contribution in [0.2, 0.25) is 0 Å². The van der Waals surface area contributed by atoms with Crippen molar-refractivity contribution in [3.63, 3.8) is 0 Å². The van der Waals surface area contributed by atoms with Crippen LogP contribution in [0.15, 0.2) is 49.1 Å². The van der Waals surface area contributed by atoms with E-state index in [1.165, 1.54) is 5.56 Å². The summed E-state index contributed by atoms with van der Waals surface area (Å²) in [6.07, 6.45) is 3.69. The molecule has 0 heterocycles. The summed E-state index contributed by atoms with van der Waals surface area (Å²) in [6, 6.07) is 10.1. The van der Waals surface area contributed by atoms with Crippen molar-refractivity contribution in [2.75, 3.05) is 0 Å². The van der Waals surface area contributed by atoms with Crippen LogP contribution in [-0.2, 0) is 0 Å². The average Bonchev–Trinajstić information content (AvgIpc) is 2.07. The van der Waals surface area contributed by atoms with Crippen LogP contribution in [0.4, 0.5) is 0 Å². The van der Waals surface area contributed by atoms with Crippen LogP contribution in [0.5, 0.6) is 0 Å². The zero-order chi connectivity index (χ0) is 8.10. The highest BCUT2D eigenvalue weighted by Crippen LogP contribution is 2.19. The molecule has 1 aromatic rings. The maximum absolute atomic E-state index is 3.62. The van der Waals surface area contributed by atoms with Gasteiger partial charge in [0.25, 0.3) is 0 Å². The summed E-state index contributed by atoms with van der Waals surface area (Å²) in [6.45, 7) is 3.62. The topological polar surface area (TPSA) is 0 Å². The van der Waals surface area contributed by atoms with Gasteiger partial charge in [0.15, 0.2) is 0 Å². The second-order valence-electron chi connectivity index (χ2n) is 2.12. The fraction of sp³-hybridized carbons (Fsp3) is 0. The minimum absolute atomic E-state index is 1.06. The number of hydrogen-bond donors (Lipinski definition) is 0. The van der Waals surface area contributed by atoms with Gasteiger partial charge in [-0.05, 0) is 11.6 Å². The van der Waals surface area contributed by atoms with E-state index in [-0.39, 0.29) is 0 Å². The van der Waals surface area contributed by atoms with E-state index in [4.69, 9.17) is 0 Å². The smallest absolute Gasteiger partial charge is 0.0247 e. The van der Waals surface area contributed by atoms with Crippen LogP contribution < -0.4 is 0 Å². The molecule has 11 heavy (non-hydrogen) atoms. The molecule has 0 aliphatic rings. The lowest BCUT2D eigenvalue weighted by atomic mass is 10.2. The van der Waals surface area contributed by atoms with E-state index in [0.717, 1.165) is 4.48 Å². The molecule has 0 amide bonds. The fourth-order valence-electron chi connectivity index (χ4n) is 0.797. The Morgan fingerprint density at radius 3 is 2.45 bits per heavy atom. The Morgan fingerprint density at radius 2 is 1.91 bits per heavy atom. The zero-order valence-corrected chi connectivity index (χ0v) is 7.71. The Labute approximate surface area is 75.4 Å². The van der Waals surface area contributed by atoms with E-state index in [1.54, 1.807) is 6.08 Å². The van der Waals surface area contributed by atoms with Crippen LogP contribution in [0.3, 0.4) is 0 Å². The van der Waals surface area contributed by atoms with E-state index < -0.39 is 0 Å². The molecule has 0 aliphatic heterocycles. The second kappa shape index (κ2) is 4.14. The van der Waals surface area contributed by atoms with Crippen LogP contribution >= 0.6 is 15.9 Å². The Bertz CT molecular complexity index is 259. The first kappa shape index (κ1) is 8.28. The number of hydrogen-bond acceptors (Lipinski definition) is 0. The van der Waals surface area contributed by atoms with Crippen molar-refractivity contribution in [3.05, 3.63) is 54.6 Å². The lowest BCUT2D eigenvalue weighted by molar-refractivity contribution is 1.65. The quantitative estimate of drug-likeness (QED) is 0.652. The zero-order valence-electron chi connectivity index (χ0n) is 6.13. The molecule has 0 fully saturated rings. The summed E-state index contributed by atoms with van der Waals surface area (Å²) in [5.74, 6) is 0. The van der Waals surface area contributed by atoms with E-state index in [1.807, 2.05) is 36.4 Å². The molecule has 0 unspecified atom stereocenters. The molecular formula is C10H9Br. The summed E-state index contributed by atoms with van der Waals surface area (Å²) < 4.78 is 1.06. The largest absolute Gasteiger partial charge is 0.0990 e. The van der Waals surface area contributed by atoms with Gasteiger partial charge in [0.2, 0.25) is 0 Å². The molecule has 1 rings (SSSR count). The Hall–Kier alpha value is -0.820. The van der Waals surface area contributed by atoms with E-state index >= 15 is 0 Å². The molecule has 0 bridgehead atoms. The molecule has 1 heteroatoms. The molecule has 0 N–H and O–H groups in total. The number of halogens is 1. The van der Waals surface area contributed by atoms with Crippen molar-refractivity contribution in [2.45, 2.75) is 0 Å². The third-order valence-electron chi connectivity index (χ3n) is 1.31. The van der Waals surface area contributed by atoms with Gasteiger partial charge in [-0.2, -0.15) is 0 Å². The average molecular weight is 209 g/mol. The number of benzene rings is 1. The molecule has 0 saturated heterocycles. The first-order chi connectivity index (χ1) is 5.34. The number of rotatable bonds is 2. The van der Waals surface area contributed by atoms with Gasteiger partial charge in [-0.3, -0.25) is 0 Å². The van der Waals surface area contributed by atoms with Crippen LogP contribution in [0.1, 0.15) is 5.56 Å². The SMILES string of the molecule is C=C/C=C(/Br)c1ccccc1. The van der Waals surface area contributed by atoms with Crippen molar-refractivity contribution in [1.82, 2.24) is 0 Å². The summed E-state index contributed by atoms with van der Waals surface area (Å²) >= 11 is 3.44. The van der Waals surface area contributed by atoms with Crippen molar-refractivity contribution in [2.24, 2.45) is 0 Å². The van der Waals surface area contributed by atoms with Crippen molar-refractivity contribution >= 4 is 20.4 Å². The standard InChI is InChI=1S/C10H9Br/c1-2-6-10(11)9-7-4-3-5-8-9/h2-8H,1H2/b10-6+. The molecule has 0 radical (unpaired) electrons. The Morgan fingerprint density at radius 1 is 1.27 bits per heavy atom. The molecule has 0 atom stereocenters. The summed E-state index contributed by atoms with van der Waals surface area (Å²) in [5, 5.41) is 0. The predicted molar refractivity (Wildman–Crippen MR) is 53.5 cm³/mol. The van der Waals surface area contributed by atoms with Crippen molar-refractivity contribution in [3.8, 4) is 0 Å². The highest BCUT2D eigenvalue weighted by atomic mass is 79.9. The fourth-order valence-corrected chi connectivity index (χ4v) is 1.25. The van der Waals surface area contributed by atoms with E-state index in [9.17, 15) is 0 Å². The second-order valence-corrected chi connectivity index (χ2v) is 2.97. The van der Waals surface area contributed by atoms with Gasteiger partial charge in [0, 0.05) is 4.48 Å². The third kappa shape index (κ3) is 2.35. The van der Waals surface area contributed by atoms with Crippen molar-refractivity contribution < 1.29 is 0 Å². The van der Waals surface area contributed by atoms with Gasteiger partial charge in [-0.25, -0.2) is 0 Å². The highest BCUT2D eigenvalue weighted by molar-refractivity contribution is 9.15. The summed E-state index contributed by atoms with van der Waals surface area (Å²) in [4.78, 5) is 0. The first-order valence-corrected chi connectivity index (χ1v) is 4.17. The lowest BCUT2D eigenvalue weighted by Gasteiger charge is -1.95. The molecule has 0 spiro atoms. The van der Waals surface area contributed by atoms with Gasteiger partial charge in [-0.1, -0.05) is 58.9 Å². The lowest BCUT2D eigenvalue weighted by Crippen LogP contribution is -1.72. The molecule has 56 valence electrons. The van der Waals surface area contributed by atoms with E-state index in [0.29, 0.717) is 0 Å². The minimum Gasteiger partial charge on any atom is -0.0990 e. The van der Waals surface area contributed by atoms with Crippen LogP contribution in [0.25, 0.3) is 4.48 Å². The number of allylic oxidation sites excluding steroid dienone is 2. The van der Waals surface area contributed by atoms with Gasteiger partial charge in [0.1, 0.15) is 0 Å². The highest BCUT2D eigenvalue weighted by Gasteiger charge is 1.91. The molecular weight excluding hydrogens is 200 g/mol. The summed E-state index contributed by atoms with van der Waals surface area (Å²) in [7, 11) is 0. The predicted octanol–water partition coefficient (Wildman–Crippen LogP) is 3.61. The molecule has 0 nitrogen and oxygen atoms in total. The van der Waals surface area contributed by atoms with E-state index in [2.05, 4.69) is 22.5 Å². The van der Waals surface area contributed by atoms with Crippen molar-refractivity contribution in [1.29, 1.82) is 0 Å². The molecule has 0 aromatic heterocycles. The van der Waals surface area contributed by atoms with Gasteiger partial charge in [0.05, 0.1) is 0 Å². The van der Waals surface area contributed by atoms with Gasteiger partial charge in [-0.15, -0.1) is 0 Å². The van der Waals surface area contributed by atoms with Gasteiger partial charge < -0.3 is 0 Å². The normalized spacial score (nSPS) is 11.2. The van der Waals surface area contributed by atoms with Crippen LogP contribution in [-0.4, -0.2) is 0 Å². The monoisotopic (exact) mass is 208 g/mol. The molecule has 0 aliphatic carbocycles. The maximum Gasteiger partial charge on any atom is 0.0247 e. The Kier molecular flexibility index (Phi) is 3.12. The summed E-state index contributed by atoms with van der Waals surface area (Å²) in [5.41, 5.74) is 1.17. The third-order valence-corrected chi connectivity index (χ3v) is 2.04. The minimum atomic E-state index is 1.06.